The van der Waals surface area contributed by atoms with E-state index in [1.54, 1.807) is 13.4 Å². The second-order valence-electron chi connectivity index (χ2n) is 5.32. The topological polar surface area (TPSA) is 59.3 Å². The average molecular weight is 302 g/mol. The predicted molar refractivity (Wildman–Crippen MR) is 84.0 cm³/mol. The van der Waals surface area contributed by atoms with Gasteiger partial charge < -0.3 is 9.64 Å². The van der Waals surface area contributed by atoms with Crippen LogP contribution < -0.4 is 9.64 Å². The highest BCUT2D eigenvalue weighted by Gasteiger charge is 2.19. The van der Waals surface area contributed by atoms with Crippen molar-refractivity contribution >= 4 is 5.82 Å². The van der Waals surface area contributed by atoms with E-state index in [-0.39, 0.29) is 0 Å². The molecular weight excluding hydrogens is 280 g/mol. The van der Waals surface area contributed by atoms with Crippen molar-refractivity contribution in [2.45, 2.75) is 20.0 Å². The van der Waals surface area contributed by atoms with Crippen molar-refractivity contribution in [2.24, 2.45) is 0 Å². The number of aryl methyl sites for hydroxylation is 1. The Balaban J connectivity index is 1.58. The van der Waals surface area contributed by atoms with Gasteiger partial charge in [-0.2, -0.15) is 5.10 Å². The maximum Gasteiger partial charge on any atom is 0.218 e. The first kappa shape index (κ1) is 14.8. The van der Waals surface area contributed by atoms with Crippen molar-refractivity contribution in [1.82, 2.24) is 24.6 Å². The summed E-state index contributed by atoms with van der Waals surface area (Å²) in [4.78, 5) is 13.1. The van der Waals surface area contributed by atoms with Crippen LogP contribution in [-0.4, -0.2) is 57.9 Å². The highest BCUT2D eigenvalue weighted by Crippen LogP contribution is 2.18. The normalized spacial score (nSPS) is 16.0. The zero-order valence-corrected chi connectivity index (χ0v) is 13.1. The van der Waals surface area contributed by atoms with Crippen LogP contribution in [0.4, 0.5) is 5.82 Å². The molecule has 0 unspecified atom stereocenters. The van der Waals surface area contributed by atoms with E-state index in [9.17, 15) is 0 Å². The van der Waals surface area contributed by atoms with E-state index in [1.165, 1.54) is 5.69 Å². The lowest BCUT2D eigenvalue weighted by Crippen LogP contribution is -2.46. The van der Waals surface area contributed by atoms with Crippen LogP contribution in [0.5, 0.6) is 5.88 Å². The van der Waals surface area contributed by atoms with Gasteiger partial charge in [-0.05, 0) is 13.0 Å². The number of rotatable bonds is 5. The third-order valence-electron chi connectivity index (χ3n) is 4.02. The van der Waals surface area contributed by atoms with E-state index < -0.39 is 0 Å². The predicted octanol–water partition coefficient (Wildman–Crippen LogP) is 1.02. The van der Waals surface area contributed by atoms with Crippen molar-refractivity contribution < 1.29 is 4.74 Å². The molecular formula is C15H22N6O. The Morgan fingerprint density at radius 3 is 2.73 bits per heavy atom. The van der Waals surface area contributed by atoms with E-state index in [0.717, 1.165) is 45.1 Å². The fourth-order valence-electron chi connectivity index (χ4n) is 2.76. The van der Waals surface area contributed by atoms with Gasteiger partial charge in [0.1, 0.15) is 12.1 Å². The molecule has 1 fully saturated rings. The molecule has 0 aliphatic carbocycles. The van der Waals surface area contributed by atoms with Crippen LogP contribution >= 0.6 is 0 Å². The minimum Gasteiger partial charge on any atom is -0.481 e. The van der Waals surface area contributed by atoms with Crippen LogP contribution in [0.1, 0.15) is 12.6 Å². The highest BCUT2D eigenvalue weighted by molar-refractivity contribution is 5.41. The summed E-state index contributed by atoms with van der Waals surface area (Å²) in [6.45, 7) is 7.94. The lowest BCUT2D eigenvalue weighted by atomic mass is 10.3. The quantitative estimate of drug-likeness (QED) is 0.822. The smallest absolute Gasteiger partial charge is 0.218 e. The van der Waals surface area contributed by atoms with E-state index in [0.29, 0.717) is 5.88 Å². The van der Waals surface area contributed by atoms with Gasteiger partial charge in [0.15, 0.2) is 0 Å². The number of nitrogens with zero attached hydrogens (tertiary/aromatic N) is 6. The van der Waals surface area contributed by atoms with E-state index in [4.69, 9.17) is 4.74 Å². The average Bonchev–Trinajstić information content (AvgIpc) is 3.03. The molecule has 0 saturated carbocycles. The molecule has 0 N–H and O–H groups in total. The molecule has 22 heavy (non-hydrogen) atoms. The molecule has 7 nitrogen and oxygen atoms in total. The summed E-state index contributed by atoms with van der Waals surface area (Å²) in [6, 6.07) is 3.99. The fraction of sp³-hybridized carbons (Fsp3) is 0.533. The number of hydrogen-bond acceptors (Lipinski definition) is 6. The minimum absolute atomic E-state index is 0.610. The van der Waals surface area contributed by atoms with Gasteiger partial charge in [0.25, 0.3) is 0 Å². The molecule has 0 aromatic carbocycles. The van der Waals surface area contributed by atoms with Crippen LogP contribution in [0.15, 0.2) is 24.7 Å². The molecule has 3 heterocycles. The monoisotopic (exact) mass is 302 g/mol. The summed E-state index contributed by atoms with van der Waals surface area (Å²) in [5.41, 5.74) is 1.28. The van der Waals surface area contributed by atoms with Gasteiger partial charge in [-0.15, -0.1) is 0 Å². The second kappa shape index (κ2) is 6.74. The summed E-state index contributed by atoms with van der Waals surface area (Å²) in [6.07, 6.45) is 3.43. The van der Waals surface area contributed by atoms with Crippen LogP contribution in [-0.2, 0) is 13.1 Å². The molecule has 2 aromatic heterocycles. The summed E-state index contributed by atoms with van der Waals surface area (Å²) < 4.78 is 7.22. The molecule has 118 valence electrons. The fourth-order valence-corrected chi connectivity index (χ4v) is 2.76. The van der Waals surface area contributed by atoms with E-state index in [1.807, 2.05) is 12.3 Å². The van der Waals surface area contributed by atoms with Crippen molar-refractivity contribution in [3.8, 4) is 5.88 Å². The molecule has 2 aromatic rings. The molecule has 0 atom stereocenters. The van der Waals surface area contributed by atoms with E-state index >= 15 is 0 Å². The highest BCUT2D eigenvalue weighted by atomic mass is 16.5. The minimum atomic E-state index is 0.610. The third-order valence-corrected chi connectivity index (χ3v) is 4.02. The Morgan fingerprint density at radius 2 is 2.00 bits per heavy atom. The van der Waals surface area contributed by atoms with Crippen molar-refractivity contribution in [3.63, 3.8) is 0 Å². The van der Waals surface area contributed by atoms with Gasteiger partial charge in [0, 0.05) is 51.5 Å². The molecule has 0 amide bonds. The van der Waals surface area contributed by atoms with Gasteiger partial charge in [-0.1, -0.05) is 0 Å². The van der Waals surface area contributed by atoms with Gasteiger partial charge in [0.2, 0.25) is 5.88 Å². The Bertz CT molecular complexity index is 606. The zero-order valence-electron chi connectivity index (χ0n) is 13.1. The van der Waals surface area contributed by atoms with Gasteiger partial charge >= 0.3 is 0 Å². The number of aromatic nitrogens is 4. The number of methoxy groups -OCH3 is 1. The van der Waals surface area contributed by atoms with E-state index in [2.05, 4.69) is 42.5 Å². The Kier molecular flexibility index (Phi) is 4.53. The van der Waals surface area contributed by atoms with Crippen molar-refractivity contribution in [2.75, 3.05) is 38.2 Å². The number of anilines is 1. The Labute approximate surface area is 130 Å². The maximum absolute atomic E-state index is 5.16. The third kappa shape index (κ3) is 3.19. The lowest BCUT2D eigenvalue weighted by molar-refractivity contribution is 0.242. The van der Waals surface area contributed by atoms with Gasteiger partial charge in [-0.25, -0.2) is 9.97 Å². The molecule has 7 heteroatoms. The standard InChI is InChI=1S/C15H22N6O/c1-3-21-13(4-5-18-21)11-19-6-8-20(9-7-19)14-10-15(22-2)17-12-16-14/h4-5,10,12H,3,6-9,11H2,1-2H3. The summed E-state index contributed by atoms with van der Waals surface area (Å²) in [5.74, 6) is 1.55. The molecule has 0 spiro atoms. The molecule has 3 rings (SSSR count). The van der Waals surface area contributed by atoms with Crippen LogP contribution in [0, 0.1) is 0 Å². The van der Waals surface area contributed by atoms with Crippen molar-refractivity contribution in [1.29, 1.82) is 0 Å². The van der Waals surface area contributed by atoms with Gasteiger partial charge in [-0.3, -0.25) is 9.58 Å². The van der Waals surface area contributed by atoms with Crippen LogP contribution in [0.2, 0.25) is 0 Å². The van der Waals surface area contributed by atoms with Crippen LogP contribution in [0.3, 0.4) is 0 Å². The van der Waals surface area contributed by atoms with Crippen molar-refractivity contribution in [3.05, 3.63) is 30.4 Å². The first-order valence-corrected chi connectivity index (χ1v) is 7.64. The molecule has 1 aliphatic heterocycles. The largest absolute Gasteiger partial charge is 0.481 e. The molecule has 0 radical (unpaired) electrons. The number of piperazine rings is 1. The molecule has 1 saturated heterocycles. The number of ether oxygens (including phenoxy) is 1. The molecule has 1 aliphatic rings. The summed E-state index contributed by atoms with van der Waals surface area (Å²) in [5, 5.41) is 4.33. The maximum atomic E-state index is 5.16. The zero-order chi connectivity index (χ0) is 15.4. The molecule has 0 bridgehead atoms. The summed E-state index contributed by atoms with van der Waals surface area (Å²) in [7, 11) is 1.63. The second-order valence-corrected chi connectivity index (χ2v) is 5.32. The summed E-state index contributed by atoms with van der Waals surface area (Å²) >= 11 is 0. The first-order valence-electron chi connectivity index (χ1n) is 7.64. The number of hydrogen-bond donors (Lipinski definition) is 0. The Hall–Kier alpha value is -2.15. The van der Waals surface area contributed by atoms with Gasteiger partial charge in [0.05, 0.1) is 12.8 Å². The Morgan fingerprint density at radius 1 is 1.18 bits per heavy atom. The lowest BCUT2D eigenvalue weighted by Gasteiger charge is -2.35. The SMILES string of the molecule is CCn1nccc1CN1CCN(c2cc(OC)ncn2)CC1. The van der Waals surface area contributed by atoms with Crippen LogP contribution in [0.25, 0.3) is 0 Å². The first-order chi connectivity index (χ1) is 10.8.